The van der Waals surface area contributed by atoms with Crippen molar-refractivity contribution >= 4 is 38.9 Å². The van der Waals surface area contributed by atoms with Gasteiger partial charge in [-0.1, -0.05) is 153 Å². The van der Waals surface area contributed by atoms with Crippen molar-refractivity contribution in [1.82, 2.24) is 4.57 Å². The Hall–Kier alpha value is -6.64. The third kappa shape index (κ3) is 5.89. The van der Waals surface area contributed by atoms with Gasteiger partial charge < -0.3 is 9.47 Å². The zero-order valence-electron chi connectivity index (χ0n) is 30.0. The first kappa shape index (κ1) is 32.3. The molecule has 8 aromatic carbocycles. The van der Waals surface area contributed by atoms with Crippen LogP contribution in [0.5, 0.6) is 0 Å². The zero-order valence-corrected chi connectivity index (χ0v) is 30.0. The molecule has 254 valence electrons. The fourth-order valence-corrected chi connectivity index (χ4v) is 7.90. The van der Waals surface area contributed by atoms with Crippen molar-refractivity contribution in [3.63, 3.8) is 0 Å². The number of hydrogen-bond acceptors (Lipinski definition) is 1. The lowest BCUT2D eigenvalue weighted by Crippen LogP contribution is -2.21. The number of rotatable bonds is 8. The predicted molar refractivity (Wildman–Crippen MR) is 225 cm³/mol. The SMILES string of the molecule is CC(C)(c1ccccc1)c1cc(N(c2ccccc2)c2ccc(-c3ccc4c(c3)c3ccccc3n4-c3ccccc3)cc2)ccc1-c1ccccc1. The Morgan fingerprint density at radius 2 is 0.943 bits per heavy atom. The largest absolute Gasteiger partial charge is 0.310 e. The van der Waals surface area contributed by atoms with Gasteiger partial charge in [0.1, 0.15) is 0 Å². The van der Waals surface area contributed by atoms with E-state index >= 15 is 0 Å². The Bertz CT molecular complexity index is 2660. The molecule has 0 spiro atoms. The molecule has 9 aromatic rings. The monoisotopic (exact) mass is 680 g/mol. The van der Waals surface area contributed by atoms with Crippen LogP contribution < -0.4 is 4.90 Å². The molecule has 0 aliphatic heterocycles. The predicted octanol–water partition coefficient (Wildman–Crippen LogP) is 13.9. The molecule has 2 nitrogen and oxygen atoms in total. The van der Waals surface area contributed by atoms with E-state index in [0.717, 1.165) is 17.1 Å². The normalized spacial score (nSPS) is 11.6. The highest BCUT2D eigenvalue weighted by Crippen LogP contribution is 2.44. The minimum Gasteiger partial charge on any atom is -0.310 e. The number of hydrogen-bond donors (Lipinski definition) is 0. The maximum absolute atomic E-state index is 2.40. The third-order valence-corrected chi connectivity index (χ3v) is 10.7. The molecule has 1 aromatic heterocycles. The van der Waals surface area contributed by atoms with Crippen LogP contribution in [0.15, 0.2) is 206 Å². The number of anilines is 3. The second-order valence-corrected chi connectivity index (χ2v) is 14.2. The summed E-state index contributed by atoms with van der Waals surface area (Å²) in [6, 6.07) is 74.5. The Morgan fingerprint density at radius 3 is 1.66 bits per heavy atom. The topological polar surface area (TPSA) is 8.17 Å². The van der Waals surface area contributed by atoms with Crippen LogP contribution in [0.4, 0.5) is 17.1 Å². The first-order valence-corrected chi connectivity index (χ1v) is 18.4. The summed E-state index contributed by atoms with van der Waals surface area (Å²) in [4.78, 5) is 2.37. The van der Waals surface area contributed by atoms with Crippen molar-refractivity contribution < 1.29 is 0 Å². The van der Waals surface area contributed by atoms with Crippen molar-refractivity contribution in [1.29, 1.82) is 0 Å². The number of aromatic nitrogens is 1. The Morgan fingerprint density at radius 1 is 0.396 bits per heavy atom. The summed E-state index contributed by atoms with van der Waals surface area (Å²) in [6.45, 7) is 4.67. The summed E-state index contributed by atoms with van der Waals surface area (Å²) in [6.07, 6.45) is 0. The maximum atomic E-state index is 2.40. The second kappa shape index (κ2) is 13.5. The summed E-state index contributed by atoms with van der Waals surface area (Å²) < 4.78 is 2.37. The average molecular weight is 681 g/mol. The Kier molecular flexibility index (Phi) is 8.21. The smallest absolute Gasteiger partial charge is 0.0541 e. The van der Waals surface area contributed by atoms with Crippen molar-refractivity contribution in [3.8, 4) is 27.9 Å². The number of nitrogens with zero attached hydrogens (tertiary/aromatic N) is 2. The molecular weight excluding hydrogens is 641 g/mol. The molecule has 0 saturated heterocycles. The van der Waals surface area contributed by atoms with Crippen molar-refractivity contribution in [2.45, 2.75) is 19.3 Å². The van der Waals surface area contributed by atoms with E-state index < -0.39 is 0 Å². The first-order valence-electron chi connectivity index (χ1n) is 18.4. The van der Waals surface area contributed by atoms with Crippen LogP contribution in [0, 0.1) is 0 Å². The van der Waals surface area contributed by atoms with Gasteiger partial charge in [0.15, 0.2) is 0 Å². The van der Waals surface area contributed by atoms with E-state index in [1.807, 2.05) is 0 Å². The molecule has 9 rings (SSSR count). The van der Waals surface area contributed by atoms with E-state index in [-0.39, 0.29) is 5.41 Å². The van der Waals surface area contributed by atoms with Gasteiger partial charge in [-0.2, -0.15) is 0 Å². The molecule has 0 unspecified atom stereocenters. The van der Waals surface area contributed by atoms with Gasteiger partial charge in [0.05, 0.1) is 11.0 Å². The summed E-state index contributed by atoms with van der Waals surface area (Å²) in [5.41, 5.74) is 14.1. The van der Waals surface area contributed by atoms with Crippen LogP contribution in [0.25, 0.3) is 49.7 Å². The van der Waals surface area contributed by atoms with Crippen LogP contribution in [0.1, 0.15) is 25.0 Å². The molecule has 0 aliphatic rings. The van der Waals surface area contributed by atoms with Crippen LogP contribution in [-0.2, 0) is 5.41 Å². The quantitative estimate of drug-likeness (QED) is 0.155. The van der Waals surface area contributed by atoms with Gasteiger partial charge in [-0.15, -0.1) is 0 Å². The molecule has 1 heterocycles. The van der Waals surface area contributed by atoms with Gasteiger partial charge in [-0.05, 0) is 100 Å². The molecule has 0 fully saturated rings. The lowest BCUT2D eigenvalue weighted by atomic mass is 9.75. The number of para-hydroxylation sites is 3. The fourth-order valence-electron chi connectivity index (χ4n) is 7.90. The third-order valence-electron chi connectivity index (χ3n) is 10.7. The molecule has 0 amide bonds. The molecule has 0 radical (unpaired) electrons. The minimum absolute atomic E-state index is 0.239. The lowest BCUT2D eigenvalue weighted by Gasteiger charge is -2.32. The highest BCUT2D eigenvalue weighted by molar-refractivity contribution is 6.10. The van der Waals surface area contributed by atoms with Gasteiger partial charge in [0.25, 0.3) is 0 Å². The van der Waals surface area contributed by atoms with Crippen molar-refractivity contribution in [2.75, 3.05) is 4.90 Å². The highest BCUT2D eigenvalue weighted by Gasteiger charge is 2.28. The van der Waals surface area contributed by atoms with E-state index in [4.69, 9.17) is 0 Å². The summed E-state index contributed by atoms with van der Waals surface area (Å²) >= 11 is 0. The first-order chi connectivity index (χ1) is 26.1. The number of fused-ring (bicyclic) bond motifs is 3. The summed E-state index contributed by atoms with van der Waals surface area (Å²) in [7, 11) is 0. The zero-order chi connectivity index (χ0) is 35.8. The molecule has 0 N–H and O–H groups in total. The van der Waals surface area contributed by atoms with E-state index in [9.17, 15) is 0 Å². The summed E-state index contributed by atoms with van der Waals surface area (Å²) in [5, 5.41) is 2.51. The Balaban J connectivity index is 1.15. The molecule has 0 aliphatic carbocycles. The van der Waals surface area contributed by atoms with Gasteiger partial charge >= 0.3 is 0 Å². The maximum Gasteiger partial charge on any atom is 0.0541 e. The molecule has 0 saturated carbocycles. The summed E-state index contributed by atoms with van der Waals surface area (Å²) in [5.74, 6) is 0. The van der Waals surface area contributed by atoms with Crippen molar-refractivity contribution in [3.05, 3.63) is 217 Å². The van der Waals surface area contributed by atoms with Gasteiger partial charge in [0.2, 0.25) is 0 Å². The molecule has 0 bridgehead atoms. The van der Waals surface area contributed by atoms with E-state index in [0.29, 0.717) is 0 Å². The molecular formula is C51H40N2. The van der Waals surface area contributed by atoms with E-state index in [2.05, 4.69) is 230 Å². The van der Waals surface area contributed by atoms with Gasteiger partial charge in [0, 0.05) is 38.9 Å². The molecule has 2 heteroatoms. The van der Waals surface area contributed by atoms with Gasteiger partial charge in [-0.25, -0.2) is 0 Å². The van der Waals surface area contributed by atoms with Crippen LogP contribution in [0.2, 0.25) is 0 Å². The Labute approximate surface area is 311 Å². The fraction of sp³-hybridized carbons (Fsp3) is 0.0588. The van der Waals surface area contributed by atoms with Crippen molar-refractivity contribution in [2.24, 2.45) is 0 Å². The molecule has 0 atom stereocenters. The lowest BCUT2D eigenvalue weighted by molar-refractivity contribution is 0.643. The van der Waals surface area contributed by atoms with Gasteiger partial charge in [-0.3, -0.25) is 0 Å². The average Bonchev–Trinajstić information content (AvgIpc) is 3.56. The number of benzene rings is 8. The second-order valence-electron chi connectivity index (χ2n) is 14.2. The van der Waals surface area contributed by atoms with E-state index in [1.165, 1.54) is 60.9 Å². The van der Waals surface area contributed by atoms with E-state index in [1.54, 1.807) is 0 Å². The standard InChI is InChI=1S/C51H40N2/c1-51(2,40-19-9-4-10-20-40)48-36-44(32-33-45(48)38-17-7-3-8-18-38)52(41-21-11-5-12-22-41)43-30-27-37(28-31-43)39-29-34-50-47(35-39)46-25-15-16-26-49(46)53(50)42-23-13-6-14-24-42/h3-36H,1-2H3. The molecule has 53 heavy (non-hydrogen) atoms. The van der Waals surface area contributed by atoms with Crippen LogP contribution in [-0.4, -0.2) is 4.57 Å². The van der Waals surface area contributed by atoms with Crippen LogP contribution >= 0.6 is 0 Å². The highest BCUT2D eigenvalue weighted by atomic mass is 15.1. The van der Waals surface area contributed by atoms with Crippen LogP contribution in [0.3, 0.4) is 0 Å². The minimum atomic E-state index is -0.239.